The van der Waals surface area contributed by atoms with E-state index in [1.54, 1.807) is 0 Å². The van der Waals surface area contributed by atoms with Crippen LogP contribution in [0.25, 0.3) is 0 Å². The SMILES string of the molecule is Cc1cc(C)cc(NCC(=O)Nc2c(F)cccc2F)c1. The van der Waals surface area contributed by atoms with E-state index in [9.17, 15) is 13.6 Å². The fraction of sp³-hybridized carbons (Fsp3) is 0.188. The first-order chi connectivity index (χ1) is 9.95. The molecule has 0 heterocycles. The number of carbonyl (C=O) groups excluding carboxylic acids is 1. The smallest absolute Gasteiger partial charge is 0.243 e. The minimum atomic E-state index is -0.797. The monoisotopic (exact) mass is 290 g/mol. The molecule has 2 N–H and O–H groups in total. The standard InChI is InChI=1S/C16H16F2N2O/c1-10-6-11(2)8-12(7-10)19-9-15(21)20-16-13(17)4-3-5-14(16)18/h3-8,19H,9H2,1-2H3,(H,20,21). The molecule has 0 aliphatic carbocycles. The first-order valence-electron chi connectivity index (χ1n) is 6.52. The largest absolute Gasteiger partial charge is 0.376 e. The van der Waals surface area contributed by atoms with Gasteiger partial charge >= 0.3 is 0 Å². The number of aryl methyl sites for hydroxylation is 2. The molecule has 0 aliphatic rings. The highest BCUT2D eigenvalue weighted by Crippen LogP contribution is 2.18. The summed E-state index contributed by atoms with van der Waals surface area (Å²) in [5.74, 6) is -2.11. The summed E-state index contributed by atoms with van der Waals surface area (Å²) < 4.78 is 26.8. The van der Waals surface area contributed by atoms with Crippen molar-refractivity contribution in [2.24, 2.45) is 0 Å². The summed E-state index contributed by atoms with van der Waals surface area (Å²) in [6, 6.07) is 9.23. The number of hydrogen-bond donors (Lipinski definition) is 2. The van der Waals surface area contributed by atoms with E-state index in [1.807, 2.05) is 32.0 Å². The lowest BCUT2D eigenvalue weighted by molar-refractivity contribution is -0.114. The average Bonchev–Trinajstić information content (AvgIpc) is 2.40. The molecule has 0 saturated carbocycles. The quantitative estimate of drug-likeness (QED) is 0.902. The van der Waals surface area contributed by atoms with Gasteiger partial charge in [0.15, 0.2) is 0 Å². The van der Waals surface area contributed by atoms with Gasteiger partial charge in [-0.2, -0.15) is 0 Å². The van der Waals surface area contributed by atoms with Crippen LogP contribution in [0.3, 0.4) is 0 Å². The van der Waals surface area contributed by atoms with Gasteiger partial charge in [-0.3, -0.25) is 4.79 Å². The Hall–Kier alpha value is -2.43. The minimum Gasteiger partial charge on any atom is -0.376 e. The van der Waals surface area contributed by atoms with E-state index < -0.39 is 23.2 Å². The van der Waals surface area contributed by atoms with Crippen molar-refractivity contribution in [3.63, 3.8) is 0 Å². The van der Waals surface area contributed by atoms with Crippen LogP contribution < -0.4 is 10.6 Å². The zero-order valence-corrected chi connectivity index (χ0v) is 11.8. The second-order valence-electron chi connectivity index (χ2n) is 4.87. The summed E-state index contributed by atoms with van der Waals surface area (Å²) >= 11 is 0. The maximum Gasteiger partial charge on any atom is 0.243 e. The molecule has 21 heavy (non-hydrogen) atoms. The van der Waals surface area contributed by atoms with Crippen LogP contribution in [0.15, 0.2) is 36.4 Å². The van der Waals surface area contributed by atoms with Gasteiger partial charge < -0.3 is 10.6 Å². The van der Waals surface area contributed by atoms with Crippen LogP contribution in [0.4, 0.5) is 20.2 Å². The van der Waals surface area contributed by atoms with E-state index in [-0.39, 0.29) is 6.54 Å². The number of carbonyl (C=O) groups is 1. The van der Waals surface area contributed by atoms with Crippen molar-refractivity contribution < 1.29 is 13.6 Å². The highest BCUT2D eigenvalue weighted by atomic mass is 19.1. The van der Waals surface area contributed by atoms with Crippen LogP contribution in [0.2, 0.25) is 0 Å². The van der Waals surface area contributed by atoms with Gasteiger partial charge in [0.05, 0.1) is 6.54 Å². The third-order valence-electron chi connectivity index (χ3n) is 2.90. The molecular formula is C16H16F2N2O. The van der Waals surface area contributed by atoms with Crippen molar-refractivity contribution in [2.45, 2.75) is 13.8 Å². The lowest BCUT2D eigenvalue weighted by atomic mass is 10.1. The highest BCUT2D eigenvalue weighted by Gasteiger charge is 2.11. The predicted octanol–water partition coefficient (Wildman–Crippen LogP) is 3.63. The van der Waals surface area contributed by atoms with E-state index in [1.165, 1.54) is 6.07 Å². The fourth-order valence-electron chi connectivity index (χ4n) is 2.06. The fourth-order valence-corrected chi connectivity index (χ4v) is 2.06. The molecule has 0 fully saturated rings. The number of halogens is 2. The molecule has 0 aromatic heterocycles. The summed E-state index contributed by atoms with van der Waals surface area (Å²) in [7, 11) is 0. The maximum absolute atomic E-state index is 13.4. The first-order valence-corrected chi connectivity index (χ1v) is 6.52. The molecule has 5 heteroatoms. The molecule has 0 atom stereocenters. The maximum atomic E-state index is 13.4. The Morgan fingerprint density at radius 2 is 1.62 bits per heavy atom. The topological polar surface area (TPSA) is 41.1 Å². The van der Waals surface area contributed by atoms with E-state index >= 15 is 0 Å². The molecule has 0 bridgehead atoms. The van der Waals surface area contributed by atoms with Gasteiger partial charge in [-0.05, 0) is 49.2 Å². The Labute approximate surface area is 122 Å². The van der Waals surface area contributed by atoms with E-state index in [2.05, 4.69) is 10.6 Å². The Bertz CT molecular complexity index is 631. The molecule has 0 spiro atoms. The van der Waals surface area contributed by atoms with E-state index in [0.717, 1.165) is 28.9 Å². The molecule has 2 aromatic carbocycles. The molecule has 3 nitrogen and oxygen atoms in total. The predicted molar refractivity (Wildman–Crippen MR) is 79.4 cm³/mol. The van der Waals surface area contributed by atoms with Crippen molar-refractivity contribution in [2.75, 3.05) is 17.2 Å². The van der Waals surface area contributed by atoms with E-state index in [0.29, 0.717) is 0 Å². The molecular weight excluding hydrogens is 274 g/mol. The summed E-state index contributed by atoms with van der Waals surface area (Å²) in [4.78, 5) is 11.8. The van der Waals surface area contributed by atoms with Gasteiger partial charge in [-0.1, -0.05) is 12.1 Å². The Kier molecular flexibility index (Phi) is 4.52. The zero-order chi connectivity index (χ0) is 15.4. The molecule has 0 unspecified atom stereocenters. The number of amides is 1. The lowest BCUT2D eigenvalue weighted by Crippen LogP contribution is -2.23. The Morgan fingerprint density at radius 3 is 2.19 bits per heavy atom. The molecule has 2 rings (SSSR count). The molecule has 0 saturated heterocycles. The second kappa shape index (κ2) is 6.35. The summed E-state index contributed by atoms with van der Waals surface area (Å²) in [6.07, 6.45) is 0. The molecule has 2 aromatic rings. The molecule has 0 aliphatic heterocycles. The zero-order valence-electron chi connectivity index (χ0n) is 11.8. The van der Waals surface area contributed by atoms with Crippen molar-refractivity contribution >= 4 is 17.3 Å². The number of para-hydroxylation sites is 1. The minimum absolute atomic E-state index is 0.0728. The van der Waals surface area contributed by atoms with Crippen molar-refractivity contribution in [1.82, 2.24) is 0 Å². The van der Waals surface area contributed by atoms with Gasteiger partial charge in [-0.15, -0.1) is 0 Å². The van der Waals surface area contributed by atoms with Crippen LogP contribution in [0.5, 0.6) is 0 Å². The van der Waals surface area contributed by atoms with Crippen molar-refractivity contribution in [3.05, 3.63) is 59.2 Å². The van der Waals surface area contributed by atoms with Crippen molar-refractivity contribution in [1.29, 1.82) is 0 Å². The van der Waals surface area contributed by atoms with Crippen LogP contribution in [-0.4, -0.2) is 12.5 Å². The molecule has 110 valence electrons. The Morgan fingerprint density at radius 1 is 1.05 bits per heavy atom. The average molecular weight is 290 g/mol. The number of rotatable bonds is 4. The van der Waals surface area contributed by atoms with Gasteiger partial charge in [0.2, 0.25) is 5.91 Å². The van der Waals surface area contributed by atoms with E-state index in [4.69, 9.17) is 0 Å². The van der Waals surface area contributed by atoms with Crippen LogP contribution in [0.1, 0.15) is 11.1 Å². The number of benzene rings is 2. The summed E-state index contributed by atoms with van der Waals surface area (Å²) in [6.45, 7) is 3.83. The third-order valence-corrected chi connectivity index (χ3v) is 2.90. The van der Waals surface area contributed by atoms with Crippen LogP contribution >= 0.6 is 0 Å². The number of anilines is 2. The molecule has 0 radical (unpaired) electrons. The second-order valence-corrected chi connectivity index (χ2v) is 4.87. The lowest BCUT2D eigenvalue weighted by Gasteiger charge is -2.10. The normalized spacial score (nSPS) is 10.3. The molecule has 1 amide bonds. The van der Waals surface area contributed by atoms with Crippen molar-refractivity contribution in [3.8, 4) is 0 Å². The van der Waals surface area contributed by atoms with Gasteiger partial charge in [0.1, 0.15) is 17.3 Å². The van der Waals surface area contributed by atoms with Crippen LogP contribution in [-0.2, 0) is 4.79 Å². The summed E-state index contributed by atoms with van der Waals surface area (Å²) in [5, 5.41) is 5.15. The van der Waals surface area contributed by atoms with Gasteiger partial charge in [0.25, 0.3) is 0 Å². The number of nitrogens with one attached hydrogen (secondary N) is 2. The van der Waals surface area contributed by atoms with Gasteiger partial charge in [-0.25, -0.2) is 8.78 Å². The van der Waals surface area contributed by atoms with Crippen LogP contribution in [0, 0.1) is 25.5 Å². The summed E-state index contributed by atoms with van der Waals surface area (Å²) in [5.41, 5.74) is 2.50. The van der Waals surface area contributed by atoms with Gasteiger partial charge in [0, 0.05) is 5.69 Å². The first kappa shape index (κ1) is 15.0. The Balaban J connectivity index is 1.99. The third kappa shape index (κ3) is 4.02. The number of hydrogen-bond acceptors (Lipinski definition) is 2. The highest BCUT2D eigenvalue weighted by molar-refractivity contribution is 5.94.